The fourth-order valence-electron chi connectivity index (χ4n) is 0.589. The Hall–Kier alpha value is 0.155. The maximum atomic E-state index is 12.8. The summed E-state index contributed by atoms with van der Waals surface area (Å²) in [4.78, 5) is 9.87. The number of carbonyl (C=O) groups is 1. The average Bonchev–Trinajstić information content (AvgIpc) is 1.97. The van der Waals surface area contributed by atoms with E-state index in [9.17, 15) is 39.6 Å². The van der Waals surface area contributed by atoms with E-state index in [0.29, 0.717) is 0 Å². The zero-order valence-corrected chi connectivity index (χ0v) is 9.61. The number of aliphatic carboxylic acids is 1. The van der Waals surface area contributed by atoms with Crippen LogP contribution in [0.1, 0.15) is 2.85 Å². The molecule has 0 heterocycles. The summed E-state index contributed by atoms with van der Waals surface area (Å²) >= 11 is 0. The van der Waals surface area contributed by atoms with Gasteiger partial charge in [0.1, 0.15) is 0 Å². The molecule has 0 spiro atoms. The Morgan fingerprint density at radius 3 is 1.33 bits per heavy atom. The van der Waals surface area contributed by atoms with Gasteiger partial charge >= 0.3 is 70.9 Å². The van der Waals surface area contributed by atoms with Crippen molar-refractivity contribution < 1.29 is 89.8 Å². The molecule has 14 heteroatoms. The minimum atomic E-state index is -6.84. The number of hydrogen-bond acceptors (Lipinski definition) is 3. The molecule has 0 aromatic rings. The van der Waals surface area contributed by atoms with Gasteiger partial charge in [-0.3, -0.25) is 4.55 Å². The molecule has 0 saturated heterocycles. The first kappa shape index (κ1) is 23.3. The zero-order chi connectivity index (χ0) is 13.6. The van der Waals surface area contributed by atoms with Crippen molar-refractivity contribution in [1.29, 1.82) is 0 Å². The van der Waals surface area contributed by atoms with Gasteiger partial charge in [0, 0.05) is 0 Å². The molecular weight excluding hydrogens is 288 g/mol. The van der Waals surface area contributed by atoms with Crippen molar-refractivity contribution in [1.82, 2.24) is 0 Å². The van der Waals surface area contributed by atoms with Crippen LogP contribution in [0.3, 0.4) is 0 Å². The molecule has 5 nitrogen and oxygen atoms in total. The smallest absolute Gasteiger partial charge is 1.00 e. The minimum Gasteiger partial charge on any atom is -1.00 e. The van der Waals surface area contributed by atoms with Gasteiger partial charge in [0.2, 0.25) is 0 Å². The van der Waals surface area contributed by atoms with Crippen LogP contribution in [0.25, 0.3) is 0 Å². The molecule has 1 unspecified atom stereocenters. The van der Waals surface area contributed by atoms with Crippen LogP contribution in [-0.2, 0) is 14.9 Å². The summed E-state index contributed by atoms with van der Waals surface area (Å²) < 4.78 is 100. The molecule has 0 fully saturated rings. The molecule has 0 aliphatic heterocycles. The van der Waals surface area contributed by atoms with E-state index in [1.165, 1.54) is 0 Å². The number of carboxylic acid groups (broad SMARTS) is 1. The second-order valence-electron chi connectivity index (χ2n) is 2.45. The van der Waals surface area contributed by atoms with E-state index >= 15 is 0 Å². The summed E-state index contributed by atoms with van der Waals surface area (Å²) in [5.41, 5.74) is 0. The van der Waals surface area contributed by atoms with Crippen molar-refractivity contribution in [2.45, 2.75) is 17.1 Å². The van der Waals surface area contributed by atoms with Gasteiger partial charge in [-0.15, -0.1) is 0 Å². The number of halogens is 6. The number of carboxylic acids is 1. The third kappa shape index (κ3) is 3.38. The Morgan fingerprint density at radius 2 is 1.28 bits per heavy atom. The van der Waals surface area contributed by atoms with E-state index in [2.05, 4.69) is 0 Å². The summed E-state index contributed by atoms with van der Waals surface area (Å²) in [5.74, 6) is -10.5. The summed E-state index contributed by atoms with van der Waals surface area (Å²) in [6, 6.07) is 0. The van der Waals surface area contributed by atoms with Gasteiger partial charge in [-0.2, -0.15) is 30.4 Å². The first-order chi connectivity index (χ1) is 6.69. The van der Waals surface area contributed by atoms with Gasteiger partial charge in [0.15, 0.2) is 0 Å². The first-order valence-corrected chi connectivity index (χ1v) is 4.47. The van der Waals surface area contributed by atoms with Crippen LogP contribution < -0.4 is 37.7 Å². The summed E-state index contributed by atoms with van der Waals surface area (Å²) in [5, 5.41) is 1.58. The van der Waals surface area contributed by atoms with Crippen LogP contribution in [0, 0.1) is 0 Å². The predicted molar refractivity (Wildman–Crippen MR) is 36.2 cm³/mol. The maximum Gasteiger partial charge on any atom is 1.00 e. The Bertz CT molecular complexity index is 416. The minimum absolute atomic E-state index is 0. The fraction of sp³-hybridized carbons (Fsp3) is 0.750. The molecule has 1 atom stereocenters. The first-order valence-electron chi connectivity index (χ1n) is 3.03. The summed E-state index contributed by atoms with van der Waals surface area (Å²) in [6.07, 6.45) is -6.81. The monoisotopic (exact) mass is 292 g/mol. The van der Waals surface area contributed by atoms with Crippen molar-refractivity contribution in [3.63, 3.8) is 0 Å². The Kier molecular flexibility index (Phi) is 7.85. The van der Waals surface area contributed by atoms with Crippen LogP contribution in [0.4, 0.5) is 26.3 Å². The molecular formula is C4H4F6Li2O5S. The Balaban J connectivity index is -0.000000187. The number of hydrogen-bond donors (Lipinski definition) is 2. The summed E-state index contributed by atoms with van der Waals surface area (Å²) in [7, 11) is -6.84. The van der Waals surface area contributed by atoms with Crippen molar-refractivity contribution in [3.05, 3.63) is 0 Å². The van der Waals surface area contributed by atoms with Crippen molar-refractivity contribution in [2.75, 3.05) is 0 Å². The van der Waals surface area contributed by atoms with E-state index in [-0.39, 0.29) is 40.6 Å². The second-order valence-corrected chi connectivity index (χ2v) is 3.96. The topological polar surface area (TPSA) is 91.7 Å². The standard InChI is InChI=1S/C4H2F6O5S.2Li.2H/c5-2(1(11)12,16(13,14)15)3(6,7)4(8,9)10;;;;/h(H,11,12)(H,13,14,15);;;;/q;2*+1;2*-1. The molecule has 0 radical (unpaired) electrons. The molecule has 0 bridgehead atoms. The quantitative estimate of drug-likeness (QED) is 0.309. The Morgan fingerprint density at radius 1 is 1.00 bits per heavy atom. The van der Waals surface area contributed by atoms with Crippen LogP contribution in [-0.4, -0.2) is 41.1 Å². The van der Waals surface area contributed by atoms with E-state index in [0.717, 1.165) is 0 Å². The van der Waals surface area contributed by atoms with E-state index in [1.54, 1.807) is 0 Å². The van der Waals surface area contributed by atoms with Crippen molar-refractivity contribution in [3.8, 4) is 0 Å². The second kappa shape index (κ2) is 6.07. The molecule has 0 aliphatic carbocycles. The molecule has 0 aliphatic rings. The maximum absolute atomic E-state index is 12.8. The van der Waals surface area contributed by atoms with E-state index < -0.39 is 33.2 Å². The predicted octanol–water partition coefficient (Wildman–Crippen LogP) is -4.94. The third-order valence-electron chi connectivity index (χ3n) is 1.39. The Labute approximate surface area is 123 Å². The SMILES string of the molecule is O=C(O)C(F)(C(F)(F)C(F)(F)F)S(=O)(=O)O.[H-].[H-].[Li+].[Li+]. The van der Waals surface area contributed by atoms with Crippen LogP contribution >= 0.6 is 0 Å². The van der Waals surface area contributed by atoms with Crippen LogP contribution in [0.15, 0.2) is 0 Å². The van der Waals surface area contributed by atoms with Crippen molar-refractivity contribution in [2.24, 2.45) is 0 Å². The molecule has 0 aromatic carbocycles. The molecule has 0 amide bonds. The van der Waals surface area contributed by atoms with Gasteiger partial charge in [0.05, 0.1) is 0 Å². The molecule has 0 saturated carbocycles. The molecule has 0 aromatic heterocycles. The van der Waals surface area contributed by atoms with Gasteiger partial charge in [-0.05, 0) is 0 Å². The molecule has 100 valence electrons. The normalized spacial score (nSPS) is 15.9. The van der Waals surface area contributed by atoms with E-state index in [4.69, 9.17) is 9.66 Å². The van der Waals surface area contributed by atoms with Gasteiger partial charge in [0.25, 0.3) is 0 Å². The largest absolute Gasteiger partial charge is 1.00 e. The fourth-order valence-corrected chi connectivity index (χ4v) is 1.25. The third-order valence-corrected chi connectivity index (χ3v) is 2.53. The van der Waals surface area contributed by atoms with Gasteiger partial charge in [-0.1, -0.05) is 0 Å². The number of rotatable bonds is 3. The zero-order valence-electron chi connectivity index (χ0n) is 10.8. The van der Waals surface area contributed by atoms with Crippen LogP contribution in [0.2, 0.25) is 0 Å². The molecule has 18 heavy (non-hydrogen) atoms. The van der Waals surface area contributed by atoms with Crippen LogP contribution in [0.5, 0.6) is 0 Å². The average molecular weight is 292 g/mol. The molecule has 2 N–H and O–H groups in total. The summed E-state index contributed by atoms with van der Waals surface area (Å²) in [6.45, 7) is 0. The number of alkyl halides is 6. The molecule has 0 rings (SSSR count). The van der Waals surface area contributed by atoms with Gasteiger partial charge in [-0.25, -0.2) is 9.18 Å². The van der Waals surface area contributed by atoms with E-state index in [1.807, 2.05) is 0 Å². The van der Waals surface area contributed by atoms with Crippen molar-refractivity contribution >= 4 is 16.1 Å². The van der Waals surface area contributed by atoms with Gasteiger partial charge < -0.3 is 7.96 Å².